The monoisotopic (exact) mass is 379 g/mol. The minimum atomic E-state index is -0.613. The fourth-order valence-electron chi connectivity index (χ4n) is 4.02. The van der Waals surface area contributed by atoms with Crippen LogP contribution in [0.25, 0.3) is 11.1 Å². The van der Waals surface area contributed by atoms with Crippen LogP contribution in [0.5, 0.6) is 0 Å². The fraction of sp³-hybridized carbons (Fsp3) is 0.435. The summed E-state index contributed by atoms with van der Waals surface area (Å²) in [4.78, 5) is 30.9. The van der Waals surface area contributed by atoms with E-state index in [-0.39, 0.29) is 11.8 Å². The van der Waals surface area contributed by atoms with Crippen LogP contribution < -0.4 is 5.73 Å². The zero-order valence-electron chi connectivity index (χ0n) is 16.7. The molecule has 0 atom stereocenters. The Bertz CT molecular complexity index is 825. The molecule has 0 radical (unpaired) electrons. The smallest absolute Gasteiger partial charge is 0.224 e. The van der Waals surface area contributed by atoms with Crippen LogP contribution in [0.2, 0.25) is 0 Å². The second kappa shape index (κ2) is 8.55. The maximum absolute atomic E-state index is 12.5. The first-order valence-electron chi connectivity index (χ1n) is 9.97. The normalized spacial score (nSPS) is 16.2. The molecule has 148 valence electrons. The quantitative estimate of drug-likeness (QED) is 0.835. The molecule has 2 amide bonds. The largest absolute Gasteiger partial charge is 0.369 e. The third-order valence-electron chi connectivity index (χ3n) is 5.72. The van der Waals surface area contributed by atoms with E-state index >= 15 is 0 Å². The number of benzene rings is 1. The first-order valence-corrected chi connectivity index (χ1v) is 9.97. The summed E-state index contributed by atoms with van der Waals surface area (Å²) < 4.78 is 0. The first kappa shape index (κ1) is 20.1. The molecule has 0 aliphatic carbocycles. The van der Waals surface area contributed by atoms with Gasteiger partial charge in [0.1, 0.15) is 0 Å². The predicted molar refractivity (Wildman–Crippen MR) is 110 cm³/mol. The molecule has 1 aromatic heterocycles. The Kier molecular flexibility index (Phi) is 6.12. The van der Waals surface area contributed by atoms with Crippen LogP contribution in [0.4, 0.5) is 0 Å². The summed E-state index contributed by atoms with van der Waals surface area (Å²) in [5.41, 5.74) is 8.56. The highest BCUT2D eigenvalue weighted by Crippen LogP contribution is 2.38. The Labute approximate surface area is 167 Å². The average Bonchev–Trinajstić information content (AvgIpc) is 2.69. The van der Waals surface area contributed by atoms with Gasteiger partial charge in [-0.3, -0.25) is 14.6 Å². The summed E-state index contributed by atoms with van der Waals surface area (Å²) in [5.74, 6) is 0.237. The van der Waals surface area contributed by atoms with Crippen molar-refractivity contribution < 1.29 is 9.59 Å². The zero-order valence-corrected chi connectivity index (χ0v) is 16.7. The summed E-state index contributed by atoms with van der Waals surface area (Å²) in [5, 5.41) is 0. The van der Waals surface area contributed by atoms with Gasteiger partial charge in [0.15, 0.2) is 0 Å². The number of carbonyl (C=O) groups excluding carboxylic acids is 2. The van der Waals surface area contributed by atoms with Gasteiger partial charge < -0.3 is 10.6 Å². The van der Waals surface area contributed by atoms with Gasteiger partial charge in [0.25, 0.3) is 0 Å². The van der Waals surface area contributed by atoms with Crippen LogP contribution in [0.15, 0.2) is 48.8 Å². The molecule has 1 aliphatic rings. The summed E-state index contributed by atoms with van der Waals surface area (Å²) in [7, 11) is 0. The van der Waals surface area contributed by atoms with E-state index in [1.807, 2.05) is 43.0 Å². The molecule has 0 spiro atoms. The van der Waals surface area contributed by atoms with E-state index in [9.17, 15) is 9.59 Å². The van der Waals surface area contributed by atoms with E-state index in [1.54, 1.807) is 12.4 Å². The molecular formula is C23H29N3O2. The van der Waals surface area contributed by atoms with Crippen molar-refractivity contribution in [3.8, 4) is 11.1 Å². The van der Waals surface area contributed by atoms with Gasteiger partial charge in [-0.05, 0) is 54.0 Å². The topological polar surface area (TPSA) is 76.3 Å². The number of aromatic nitrogens is 1. The summed E-state index contributed by atoms with van der Waals surface area (Å²) >= 11 is 0. The van der Waals surface area contributed by atoms with Crippen LogP contribution in [-0.2, 0) is 16.0 Å². The van der Waals surface area contributed by atoms with Gasteiger partial charge in [-0.1, -0.05) is 38.1 Å². The number of likely N-dealkylation sites (tertiary alicyclic amines) is 1. The molecule has 2 heterocycles. The van der Waals surface area contributed by atoms with E-state index < -0.39 is 5.41 Å². The van der Waals surface area contributed by atoms with Gasteiger partial charge in [0, 0.05) is 31.9 Å². The molecule has 1 saturated heterocycles. The molecule has 0 saturated carbocycles. The van der Waals surface area contributed by atoms with Crippen molar-refractivity contribution in [3.63, 3.8) is 0 Å². The number of carbonyl (C=O) groups is 2. The third-order valence-corrected chi connectivity index (χ3v) is 5.72. The molecule has 0 unspecified atom stereocenters. The number of hydrogen-bond donors (Lipinski definition) is 1. The Hall–Kier alpha value is -2.69. The van der Waals surface area contributed by atoms with Gasteiger partial charge in [0.05, 0.1) is 5.41 Å². The standard InChI is InChI=1S/C23H29N3O2/c1-17(2)15-21(27)26-13-9-23(10-14-26,22(24)28)16-19-5-3-4-6-20(19)18-7-11-25-12-8-18/h3-8,11-12,17H,9-10,13-16H2,1-2H3,(H2,24,28). The summed E-state index contributed by atoms with van der Waals surface area (Å²) in [6, 6.07) is 12.1. The highest BCUT2D eigenvalue weighted by molar-refractivity contribution is 5.83. The lowest BCUT2D eigenvalue weighted by atomic mass is 9.72. The van der Waals surface area contributed by atoms with E-state index in [4.69, 9.17) is 5.73 Å². The molecular weight excluding hydrogens is 350 g/mol. The second-order valence-electron chi connectivity index (χ2n) is 8.19. The third kappa shape index (κ3) is 4.41. The van der Waals surface area contributed by atoms with Crippen LogP contribution in [-0.4, -0.2) is 34.8 Å². The maximum atomic E-state index is 12.5. The molecule has 5 heteroatoms. The summed E-state index contributed by atoms with van der Waals surface area (Å²) in [6.45, 7) is 5.27. The van der Waals surface area contributed by atoms with Crippen LogP contribution >= 0.6 is 0 Å². The Morgan fingerprint density at radius 1 is 1.11 bits per heavy atom. The highest BCUT2D eigenvalue weighted by Gasteiger charge is 2.41. The number of rotatable bonds is 6. The van der Waals surface area contributed by atoms with Crippen molar-refractivity contribution >= 4 is 11.8 Å². The van der Waals surface area contributed by atoms with Crippen molar-refractivity contribution in [1.82, 2.24) is 9.88 Å². The number of amides is 2. The van der Waals surface area contributed by atoms with Crippen LogP contribution in [0, 0.1) is 11.3 Å². The lowest BCUT2D eigenvalue weighted by Crippen LogP contribution is -2.50. The summed E-state index contributed by atoms with van der Waals surface area (Å²) in [6.07, 6.45) is 5.90. The molecule has 1 aliphatic heterocycles. The van der Waals surface area contributed by atoms with Crippen LogP contribution in [0.3, 0.4) is 0 Å². The lowest BCUT2D eigenvalue weighted by Gasteiger charge is -2.40. The van der Waals surface area contributed by atoms with Gasteiger partial charge in [-0.15, -0.1) is 0 Å². The zero-order chi connectivity index (χ0) is 20.1. The minimum Gasteiger partial charge on any atom is -0.369 e. The highest BCUT2D eigenvalue weighted by atomic mass is 16.2. The van der Waals surface area contributed by atoms with Crippen molar-refractivity contribution in [2.45, 2.75) is 39.5 Å². The number of nitrogens with two attached hydrogens (primary N) is 1. The van der Waals surface area contributed by atoms with E-state index in [2.05, 4.69) is 17.1 Å². The average molecular weight is 380 g/mol. The van der Waals surface area contributed by atoms with Gasteiger partial charge in [-0.25, -0.2) is 0 Å². The van der Waals surface area contributed by atoms with Crippen molar-refractivity contribution in [2.75, 3.05) is 13.1 Å². The SMILES string of the molecule is CC(C)CC(=O)N1CCC(Cc2ccccc2-c2ccncc2)(C(N)=O)CC1. The minimum absolute atomic E-state index is 0.172. The molecule has 1 fully saturated rings. The van der Waals surface area contributed by atoms with Crippen LogP contribution in [0.1, 0.15) is 38.7 Å². The van der Waals surface area contributed by atoms with Gasteiger partial charge >= 0.3 is 0 Å². The fourth-order valence-corrected chi connectivity index (χ4v) is 4.02. The van der Waals surface area contributed by atoms with E-state index in [1.165, 1.54) is 0 Å². The molecule has 2 aromatic rings. The Morgan fingerprint density at radius 3 is 2.36 bits per heavy atom. The first-order chi connectivity index (χ1) is 13.4. The van der Waals surface area contributed by atoms with Gasteiger partial charge in [0.2, 0.25) is 11.8 Å². The molecule has 2 N–H and O–H groups in total. The van der Waals surface area contributed by atoms with E-state index in [0.717, 1.165) is 16.7 Å². The molecule has 5 nitrogen and oxygen atoms in total. The number of pyridine rings is 1. The van der Waals surface area contributed by atoms with Crippen molar-refractivity contribution in [3.05, 3.63) is 54.4 Å². The molecule has 3 rings (SSSR count). The number of piperidine rings is 1. The van der Waals surface area contributed by atoms with Crippen molar-refractivity contribution in [2.24, 2.45) is 17.1 Å². The lowest BCUT2D eigenvalue weighted by molar-refractivity contribution is -0.139. The number of primary amides is 1. The second-order valence-corrected chi connectivity index (χ2v) is 8.19. The number of hydrogen-bond acceptors (Lipinski definition) is 3. The molecule has 0 bridgehead atoms. The Balaban J connectivity index is 1.81. The maximum Gasteiger partial charge on any atom is 0.224 e. The van der Waals surface area contributed by atoms with E-state index in [0.29, 0.717) is 44.7 Å². The molecule has 1 aromatic carbocycles. The molecule has 28 heavy (non-hydrogen) atoms. The number of nitrogens with zero attached hydrogens (tertiary/aromatic N) is 2. The van der Waals surface area contributed by atoms with Crippen molar-refractivity contribution in [1.29, 1.82) is 0 Å². The Morgan fingerprint density at radius 2 is 1.75 bits per heavy atom. The predicted octanol–water partition coefficient (Wildman–Crippen LogP) is 3.43. The van der Waals surface area contributed by atoms with Gasteiger partial charge in [-0.2, -0.15) is 0 Å².